The number of anilines is 1. The SMILES string of the molecule is CC(C)(C)[Si](OCCOCCOCCOCCOCCOCCOCCOCCOCCNc1cccc2c1C(=O)N(C1CCC(=O)NC1=O)C2=O)(c1ccccc1)c1ccccc1. The molecule has 4 amide bonds. The van der Waals surface area contributed by atoms with E-state index in [1.165, 1.54) is 10.4 Å². The van der Waals surface area contributed by atoms with Crippen molar-refractivity contribution >= 4 is 48.0 Å². The van der Waals surface area contributed by atoms with E-state index in [0.717, 1.165) is 4.90 Å². The second kappa shape index (κ2) is 27.2. The number of nitrogens with zero attached hydrogens (tertiary/aromatic N) is 1. The Hall–Kier alpha value is -4.40. The number of hydrogen-bond donors (Lipinski definition) is 2. The molecule has 1 fully saturated rings. The summed E-state index contributed by atoms with van der Waals surface area (Å²) in [6, 6.07) is 25.1. The number of hydrogen-bond acceptors (Lipinski definition) is 14. The molecule has 0 radical (unpaired) electrons. The number of fused-ring (bicyclic) bond motifs is 1. The molecule has 16 nitrogen and oxygen atoms in total. The molecular formula is C47H65N3O13Si. The lowest BCUT2D eigenvalue weighted by molar-refractivity contribution is -0.136. The molecule has 2 N–H and O–H groups in total. The van der Waals surface area contributed by atoms with Crippen molar-refractivity contribution in [3.05, 3.63) is 90.0 Å². The third-order valence-corrected chi connectivity index (χ3v) is 15.6. The van der Waals surface area contributed by atoms with Gasteiger partial charge in [-0.05, 0) is 34.0 Å². The van der Waals surface area contributed by atoms with E-state index in [4.69, 9.17) is 42.3 Å². The molecule has 0 spiro atoms. The van der Waals surface area contributed by atoms with E-state index in [9.17, 15) is 19.2 Å². The number of ether oxygens (including phenoxy) is 8. The molecule has 0 saturated carbocycles. The second-order valence-electron chi connectivity index (χ2n) is 16.0. The molecule has 5 rings (SSSR count). The molecule has 2 aliphatic rings. The van der Waals surface area contributed by atoms with Gasteiger partial charge in [0, 0.05) is 18.7 Å². The van der Waals surface area contributed by atoms with Gasteiger partial charge in [-0.2, -0.15) is 0 Å². The summed E-state index contributed by atoms with van der Waals surface area (Å²) in [5, 5.41) is 7.78. The van der Waals surface area contributed by atoms with Crippen molar-refractivity contribution in [2.75, 3.05) is 124 Å². The fourth-order valence-electron chi connectivity index (χ4n) is 7.58. The highest BCUT2D eigenvalue weighted by atomic mass is 28.4. The average molecular weight is 908 g/mol. The van der Waals surface area contributed by atoms with Crippen LogP contribution in [-0.2, 0) is 51.9 Å². The maximum absolute atomic E-state index is 13.2. The van der Waals surface area contributed by atoms with E-state index >= 15 is 0 Å². The first-order valence-corrected chi connectivity index (χ1v) is 24.0. The highest BCUT2D eigenvalue weighted by molar-refractivity contribution is 6.99. The molecule has 0 bridgehead atoms. The Morgan fingerprint density at radius 3 is 1.44 bits per heavy atom. The zero-order valence-corrected chi connectivity index (χ0v) is 38.5. The Bertz CT molecular complexity index is 1840. The van der Waals surface area contributed by atoms with Crippen LogP contribution < -0.4 is 21.0 Å². The van der Waals surface area contributed by atoms with E-state index in [2.05, 4.69) is 79.9 Å². The van der Waals surface area contributed by atoms with Crippen LogP contribution in [0.1, 0.15) is 54.3 Å². The van der Waals surface area contributed by atoms with Crippen molar-refractivity contribution in [1.29, 1.82) is 0 Å². The standard InChI is InChI=1S/C47H65N3O13Si/c1-47(2,3)64(37-11-6-4-7-12-37,38-13-8-5-9-14-38)63-36-35-62-34-33-61-32-31-60-30-29-59-28-27-58-26-25-57-24-23-56-22-21-55-20-19-48-40-16-10-15-39-43(40)46(54)50(45(39)53)41-17-18-42(51)49-44(41)52/h4-16,41,48H,17-36H2,1-3H3,(H,49,51,52). The van der Waals surface area contributed by atoms with Gasteiger partial charge in [0.25, 0.3) is 20.1 Å². The van der Waals surface area contributed by atoms with E-state index < -0.39 is 38.0 Å². The average Bonchev–Trinajstić information content (AvgIpc) is 3.54. The largest absolute Gasteiger partial charge is 0.405 e. The number of imide groups is 2. The summed E-state index contributed by atoms with van der Waals surface area (Å²) < 4.78 is 51.8. The van der Waals surface area contributed by atoms with Crippen LogP contribution in [0.3, 0.4) is 0 Å². The first-order chi connectivity index (χ1) is 31.1. The minimum absolute atomic E-state index is 0.0648. The van der Waals surface area contributed by atoms with Crippen molar-refractivity contribution in [3.63, 3.8) is 0 Å². The van der Waals surface area contributed by atoms with Gasteiger partial charge in [0.2, 0.25) is 11.8 Å². The summed E-state index contributed by atoms with van der Waals surface area (Å²) in [4.78, 5) is 51.0. The molecular weight excluding hydrogens is 843 g/mol. The molecule has 3 aromatic carbocycles. The summed E-state index contributed by atoms with van der Waals surface area (Å²) in [5.74, 6) is -2.17. The molecule has 350 valence electrons. The molecule has 1 atom stereocenters. The molecule has 2 heterocycles. The van der Waals surface area contributed by atoms with E-state index in [-0.39, 0.29) is 29.0 Å². The Kier molecular flexibility index (Phi) is 21.5. The van der Waals surface area contributed by atoms with Gasteiger partial charge in [0.1, 0.15) is 6.04 Å². The molecule has 1 unspecified atom stereocenters. The molecule has 3 aromatic rings. The zero-order chi connectivity index (χ0) is 45.5. The fraction of sp³-hybridized carbons (Fsp3) is 0.532. The monoisotopic (exact) mass is 907 g/mol. The van der Waals surface area contributed by atoms with Crippen LogP contribution in [-0.4, -0.2) is 162 Å². The number of carbonyl (C=O) groups excluding carboxylic acids is 4. The van der Waals surface area contributed by atoms with Gasteiger partial charge in [0.15, 0.2) is 0 Å². The van der Waals surface area contributed by atoms with Crippen LogP contribution in [0.15, 0.2) is 78.9 Å². The number of nitrogens with one attached hydrogen (secondary N) is 2. The third kappa shape index (κ3) is 14.8. The van der Waals surface area contributed by atoms with Crippen LogP contribution in [0.5, 0.6) is 0 Å². The zero-order valence-electron chi connectivity index (χ0n) is 37.5. The number of carbonyl (C=O) groups is 4. The van der Waals surface area contributed by atoms with Crippen LogP contribution in [0.25, 0.3) is 0 Å². The van der Waals surface area contributed by atoms with Gasteiger partial charge in [-0.25, -0.2) is 0 Å². The number of benzene rings is 3. The summed E-state index contributed by atoms with van der Waals surface area (Å²) in [6.45, 7) is 14.8. The van der Waals surface area contributed by atoms with Crippen LogP contribution in [0.4, 0.5) is 5.69 Å². The Balaban J connectivity index is 0.767. The van der Waals surface area contributed by atoms with Crippen molar-refractivity contribution in [2.45, 2.75) is 44.7 Å². The molecule has 64 heavy (non-hydrogen) atoms. The highest BCUT2D eigenvalue weighted by Crippen LogP contribution is 2.37. The summed E-state index contributed by atoms with van der Waals surface area (Å²) >= 11 is 0. The first-order valence-electron chi connectivity index (χ1n) is 22.1. The second-order valence-corrected chi connectivity index (χ2v) is 20.3. The highest BCUT2D eigenvalue weighted by Gasteiger charge is 2.50. The fourth-order valence-corrected chi connectivity index (χ4v) is 12.1. The Labute approximate surface area is 377 Å². The van der Waals surface area contributed by atoms with Crippen molar-refractivity contribution in [1.82, 2.24) is 10.2 Å². The number of rotatable bonds is 32. The Morgan fingerprint density at radius 2 is 1.00 bits per heavy atom. The molecule has 2 aliphatic heterocycles. The minimum atomic E-state index is -2.56. The smallest absolute Gasteiger partial charge is 0.264 e. The summed E-state index contributed by atoms with van der Waals surface area (Å²) in [6.07, 6.45) is 0.167. The van der Waals surface area contributed by atoms with Gasteiger partial charge >= 0.3 is 0 Å². The minimum Gasteiger partial charge on any atom is -0.405 e. The van der Waals surface area contributed by atoms with Gasteiger partial charge < -0.3 is 47.6 Å². The van der Waals surface area contributed by atoms with Crippen LogP contribution >= 0.6 is 0 Å². The normalized spacial score (nSPS) is 15.5. The molecule has 1 saturated heterocycles. The van der Waals surface area contributed by atoms with Crippen molar-refractivity contribution < 1.29 is 61.5 Å². The number of amides is 4. The van der Waals surface area contributed by atoms with Gasteiger partial charge in [-0.3, -0.25) is 29.4 Å². The lowest BCUT2D eigenvalue weighted by Gasteiger charge is -2.43. The van der Waals surface area contributed by atoms with E-state index in [1.807, 2.05) is 12.1 Å². The van der Waals surface area contributed by atoms with Crippen LogP contribution in [0, 0.1) is 0 Å². The van der Waals surface area contributed by atoms with E-state index in [1.54, 1.807) is 18.2 Å². The molecule has 17 heteroatoms. The van der Waals surface area contributed by atoms with Gasteiger partial charge in [-0.1, -0.05) is 87.5 Å². The van der Waals surface area contributed by atoms with E-state index in [0.29, 0.717) is 125 Å². The number of piperidine rings is 1. The lowest BCUT2D eigenvalue weighted by Crippen LogP contribution is -2.66. The van der Waals surface area contributed by atoms with Crippen molar-refractivity contribution in [2.24, 2.45) is 0 Å². The maximum Gasteiger partial charge on any atom is 0.264 e. The predicted octanol–water partition coefficient (Wildman–Crippen LogP) is 3.21. The Morgan fingerprint density at radius 1 is 0.562 bits per heavy atom. The summed E-state index contributed by atoms with van der Waals surface area (Å²) in [5.41, 5.74) is 0.908. The lowest BCUT2D eigenvalue weighted by atomic mass is 10.0. The van der Waals surface area contributed by atoms with Gasteiger partial charge in [0.05, 0.1) is 123 Å². The van der Waals surface area contributed by atoms with Gasteiger partial charge in [-0.15, -0.1) is 0 Å². The summed E-state index contributed by atoms with van der Waals surface area (Å²) in [7, 11) is -2.56. The first kappa shape index (κ1) is 50.6. The third-order valence-electron chi connectivity index (χ3n) is 10.6. The topological polar surface area (TPSA) is 179 Å². The molecule has 0 aromatic heterocycles. The maximum atomic E-state index is 13.2. The van der Waals surface area contributed by atoms with Crippen LogP contribution in [0.2, 0.25) is 5.04 Å². The molecule has 0 aliphatic carbocycles. The predicted molar refractivity (Wildman–Crippen MR) is 242 cm³/mol. The van der Waals surface area contributed by atoms with Crippen molar-refractivity contribution in [3.8, 4) is 0 Å². The quantitative estimate of drug-likeness (QED) is 0.0530.